The number of halogens is 2. The zero-order valence-corrected chi connectivity index (χ0v) is 19.1. The lowest BCUT2D eigenvalue weighted by molar-refractivity contribution is -0.0556. The van der Waals surface area contributed by atoms with Gasteiger partial charge in [-0.25, -0.2) is 23.4 Å². The van der Waals surface area contributed by atoms with Crippen LogP contribution in [0.25, 0.3) is 10.7 Å². The Kier molecular flexibility index (Phi) is 5.58. The highest BCUT2D eigenvalue weighted by atomic mass is 32.1. The van der Waals surface area contributed by atoms with E-state index >= 15 is 0 Å². The van der Waals surface area contributed by atoms with Crippen molar-refractivity contribution in [1.29, 1.82) is 5.26 Å². The summed E-state index contributed by atoms with van der Waals surface area (Å²) in [7, 11) is 0. The zero-order chi connectivity index (χ0) is 24.7. The largest absolute Gasteiger partial charge is 0.381 e. The molecule has 0 radical (unpaired) electrons. The van der Waals surface area contributed by atoms with Gasteiger partial charge in [0.15, 0.2) is 0 Å². The number of hydrogen-bond donors (Lipinski definition) is 1. The van der Waals surface area contributed by atoms with E-state index in [-0.39, 0.29) is 24.3 Å². The number of hydrogen-bond acceptors (Lipinski definition) is 8. The number of pyridine rings is 1. The molecule has 1 amide bonds. The van der Waals surface area contributed by atoms with Gasteiger partial charge in [0.25, 0.3) is 5.91 Å². The third-order valence-corrected chi connectivity index (χ3v) is 7.07. The van der Waals surface area contributed by atoms with Crippen LogP contribution in [0.1, 0.15) is 33.4 Å². The summed E-state index contributed by atoms with van der Waals surface area (Å²) in [5.41, 5.74) is -0.946. The van der Waals surface area contributed by atoms with E-state index in [9.17, 15) is 18.7 Å². The van der Waals surface area contributed by atoms with Gasteiger partial charge in [0.1, 0.15) is 46.7 Å². The second-order valence-corrected chi connectivity index (χ2v) is 9.17. The van der Waals surface area contributed by atoms with E-state index in [2.05, 4.69) is 20.1 Å². The maximum atomic E-state index is 14.8. The van der Waals surface area contributed by atoms with Crippen molar-refractivity contribution in [1.82, 2.24) is 29.6 Å². The molecule has 1 aliphatic heterocycles. The van der Waals surface area contributed by atoms with Crippen molar-refractivity contribution < 1.29 is 18.7 Å². The monoisotopic (exact) mass is 493 g/mol. The Morgan fingerprint density at radius 2 is 2.14 bits per heavy atom. The van der Waals surface area contributed by atoms with E-state index < -0.39 is 29.2 Å². The minimum absolute atomic E-state index is 0.145. The topological polar surface area (TPSA) is 121 Å². The molecule has 1 aromatic carbocycles. The highest BCUT2D eigenvalue weighted by Gasteiger charge is 2.46. The normalized spacial score (nSPS) is 15.5. The molecule has 0 fully saturated rings. The summed E-state index contributed by atoms with van der Waals surface area (Å²) in [5, 5.41) is 25.2. The molecule has 5 rings (SSSR count). The van der Waals surface area contributed by atoms with Gasteiger partial charge in [-0.15, -0.1) is 11.3 Å². The molecule has 176 valence electrons. The summed E-state index contributed by atoms with van der Waals surface area (Å²) in [6, 6.07) is 7.25. The van der Waals surface area contributed by atoms with Crippen LogP contribution < -0.4 is 0 Å². The Balaban J connectivity index is 1.47. The Bertz CT molecular complexity index is 1450. The van der Waals surface area contributed by atoms with Gasteiger partial charge in [0.2, 0.25) is 0 Å². The molecule has 35 heavy (non-hydrogen) atoms. The number of amides is 1. The Morgan fingerprint density at radius 3 is 2.77 bits per heavy atom. The molecule has 0 aliphatic carbocycles. The molecule has 0 unspecified atom stereocenters. The fraction of sp³-hybridized carbons (Fsp3) is 0.217. The summed E-state index contributed by atoms with van der Waals surface area (Å²) < 4.78 is 29.7. The number of rotatable bonds is 6. The quantitative estimate of drug-likeness (QED) is 0.438. The Hall–Kier alpha value is -4.08. The maximum absolute atomic E-state index is 14.8. The molecule has 3 aromatic heterocycles. The smallest absolute Gasteiger partial charge is 0.274 e. The van der Waals surface area contributed by atoms with Gasteiger partial charge in [-0.05, 0) is 25.1 Å². The van der Waals surface area contributed by atoms with E-state index in [1.165, 1.54) is 45.8 Å². The molecular weight excluding hydrogens is 476 g/mol. The number of fused-ring (bicyclic) bond motifs is 1. The first-order valence-electron chi connectivity index (χ1n) is 10.5. The molecule has 4 heterocycles. The molecule has 0 bridgehead atoms. The fourth-order valence-electron chi connectivity index (χ4n) is 4.10. The van der Waals surface area contributed by atoms with Crippen LogP contribution in [0.15, 0.2) is 49.2 Å². The van der Waals surface area contributed by atoms with Crippen LogP contribution in [-0.2, 0) is 18.7 Å². The van der Waals surface area contributed by atoms with E-state index in [0.717, 1.165) is 6.07 Å². The summed E-state index contributed by atoms with van der Waals surface area (Å²) in [4.78, 5) is 27.9. The Labute approximate surface area is 201 Å². The molecule has 1 N–H and O–H groups in total. The van der Waals surface area contributed by atoms with Gasteiger partial charge >= 0.3 is 0 Å². The number of aromatic nitrogens is 5. The lowest BCUT2D eigenvalue weighted by Crippen LogP contribution is -2.52. The minimum Gasteiger partial charge on any atom is -0.381 e. The first-order chi connectivity index (χ1) is 16.8. The van der Waals surface area contributed by atoms with Crippen LogP contribution in [0.2, 0.25) is 0 Å². The number of aliphatic hydroxyl groups is 1. The summed E-state index contributed by atoms with van der Waals surface area (Å²) >= 11 is 1.28. The summed E-state index contributed by atoms with van der Waals surface area (Å²) in [6.45, 7) is 1.52. The van der Waals surface area contributed by atoms with E-state index in [1.54, 1.807) is 19.1 Å². The molecule has 0 spiro atoms. The standard InChI is InChI=1S/C23H17F2N7O2S/c1-13(23(34,10-31-12-27-11-29-31)16-4-3-15(24)6-17(16)25)32-9-19-20(22(32)33)30-21(35-19)18-5-2-14(7-26)8-28-18/h2-6,8,11-13,34H,9-10H2,1H3/t13-,23-/m1/s1. The van der Waals surface area contributed by atoms with Crippen LogP contribution in [0, 0.1) is 23.0 Å². The molecule has 2 atom stereocenters. The third kappa shape index (κ3) is 3.94. The van der Waals surface area contributed by atoms with Gasteiger partial charge < -0.3 is 10.0 Å². The number of nitrogens with zero attached hydrogens (tertiary/aromatic N) is 7. The SMILES string of the molecule is C[C@@H](N1Cc2sc(-c3ccc(C#N)cn3)nc2C1=O)[C@](O)(Cn1cncn1)c1ccc(F)cc1F. The number of benzene rings is 1. The van der Waals surface area contributed by atoms with Crippen LogP contribution in [0.5, 0.6) is 0 Å². The lowest BCUT2D eigenvalue weighted by Gasteiger charge is -2.39. The second kappa shape index (κ2) is 8.61. The second-order valence-electron chi connectivity index (χ2n) is 8.09. The van der Waals surface area contributed by atoms with Crippen LogP contribution in [-0.4, -0.2) is 46.7 Å². The van der Waals surface area contributed by atoms with Crippen molar-refractivity contribution in [3.05, 3.63) is 82.5 Å². The number of carbonyl (C=O) groups excluding carboxylic acids is 1. The van der Waals surface area contributed by atoms with Crippen molar-refractivity contribution in [3.63, 3.8) is 0 Å². The first-order valence-corrected chi connectivity index (χ1v) is 11.3. The zero-order valence-electron chi connectivity index (χ0n) is 18.3. The molecule has 1 aliphatic rings. The molecular formula is C23H17F2N7O2S. The van der Waals surface area contributed by atoms with Gasteiger partial charge in [0.05, 0.1) is 35.3 Å². The summed E-state index contributed by atoms with van der Waals surface area (Å²) in [6.07, 6.45) is 4.06. The van der Waals surface area contributed by atoms with Gasteiger partial charge in [0, 0.05) is 17.8 Å². The predicted octanol–water partition coefficient (Wildman–Crippen LogP) is 2.88. The van der Waals surface area contributed by atoms with Crippen LogP contribution in [0.3, 0.4) is 0 Å². The predicted molar refractivity (Wildman–Crippen MR) is 120 cm³/mol. The number of carbonyl (C=O) groups is 1. The lowest BCUT2D eigenvalue weighted by atomic mass is 9.85. The van der Waals surface area contributed by atoms with Crippen LogP contribution >= 0.6 is 11.3 Å². The van der Waals surface area contributed by atoms with Crippen molar-refractivity contribution in [3.8, 4) is 16.8 Å². The van der Waals surface area contributed by atoms with E-state index in [1.807, 2.05) is 6.07 Å². The Morgan fingerprint density at radius 1 is 1.31 bits per heavy atom. The molecule has 0 saturated heterocycles. The van der Waals surface area contributed by atoms with Gasteiger partial charge in [-0.3, -0.25) is 9.78 Å². The van der Waals surface area contributed by atoms with Crippen molar-refractivity contribution in [2.75, 3.05) is 0 Å². The van der Waals surface area contributed by atoms with Gasteiger partial charge in [-0.2, -0.15) is 10.4 Å². The highest BCUT2D eigenvalue weighted by Crippen LogP contribution is 2.39. The average molecular weight is 493 g/mol. The molecule has 4 aromatic rings. The minimum atomic E-state index is -1.95. The molecule has 9 nitrogen and oxygen atoms in total. The maximum Gasteiger partial charge on any atom is 0.274 e. The van der Waals surface area contributed by atoms with E-state index in [4.69, 9.17) is 5.26 Å². The first kappa shape index (κ1) is 22.7. The average Bonchev–Trinajstić information content (AvgIpc) is 3.57. The summed E-state index contributed by atoms with van der Waals surface area (Å²) in [5.74, 6) is -2.15. The number of thiazole rings is 1. The third-order valence-electron chi connectivity index (χ3n) is 6.01. The fourth-order valence-corrected chi connectivity index (χ4v) is 5.13. The van der Waals surface area contributed by atoms with Crippen LogP contribution in [0.4, 0.5) is 8.78 Å². The number of nitriles is 1. The highest BCUT2D eigenvalue weighted by molar-refractivity contribution is 7.15. The van der Waals surface area contributed by atoms with E-state index in [0.29, 0.717) is 27.2 Å². The van der Waals surface area contributed by atoms with Crippen molar-refractivity contribution in [2.24, 2.45) is 0 Å². The van der Waals surface area contributed by atoms with Crippen molar-refractivity contribution >= 4 is 17.2 Å². The molecule has 12 heteroatoms. The van der Waals surface area contributed by atoms with Crippen molar-refractivity contribution in [2.45, 2.75) is 31.7 Å². The molecule has 0 saturated carbocycles. The van der Waals surface area contributed by atoms with Gasteiger partial charge in [-0.1, -0.05) is 6.07 Å².